The molecule has 0 spiro atoms. The highest BCUT2D eigenvalue weighted by Gasteiger charge is 2.13. The Labute approximate surface area is 119 Å². The largest absolute Gasteiger partial charge is 0.493 e. The van der Waals surface area contributed by atoms with E-state index in [1.807, 2.05) is 24.3 Å². The van der Waals surface area contributed by atoms with Crippen LogP contribution in [0.5, 0.6) is 5.88 Å². The predicted molar refractivity (Wildman–Crippen MR) is 78.4 cm³/mol. The Morgan fingerprint density at radius 2 is 2.05 bits per heavy atom. The average Bonchev–Trinajstić information content (AvgIpc) is 2.69. The normalized spacial score (nSPS) is 11.5. The van der Waals surface area contributed by atoms with Crippen LogP contribution in [0.25, 0.3) is 10.9 Å². The Balaban J connectivity index is 2.11. The number of aryl methyl sites for hydroxylation is 2. The molecule has 0 unspecified atom stereocenters. The van der Waals surface area contributed by atoms with Crippen molar-refractivity contribution in [1.82, 2.24) is 14.5 Å². The summed E-state index contributed by atoms with van der Waals surface area (Å²) in [4.78, 5) is 17.9. The molecule has 7 heteroatoms. The fraction of sp³-hybridized carbons (Fsp3) is 0.143. The maximum absolute atomic E-state index is 11.4. The van der Waals surface area contributed by atoms with Crippen LogP contribution in [0.3, 0.4) is 0 Å². The van der Waals surface area contributed by atoms with Crippen molar-refractivity contribution >= 4 is 22.5 Å². The highest BCUT2D eigenvalue weighted by atomic mass is 16.3. The van der Waals surface area contributed by atoms with Crippen molar-refractivity contribution in [3.63, 3.8) is 0 Å². The minimum absolute atomic E-state index is 0.00921. The van der Waals surface area contributed by atoms with Gasteiger partial charge in [0.15, 0.2) is 5.69 Å². The predicted octanol–water partition coefficient (Wildman–Crippen LogP) is 2.69. The van der Waals surface area contributed by atoms with Gasteiger partial charge in [-0.1, -0.05) is 18.2 Å². The fourth-order valence-electron chi connectivity index (χ4n) is 2.17. The number of aromatic nitrogens is 3. The van der Waals surface area contributed by atoms with Crippen molar-refractivity contribution < 1.29 is 5.11 Å². The lowest BCUT2D eigenvalue weighted by atomic mass is 10.2. The number of fused-ring (bicyclic) bond motifs is 1. The lowest BCUT2D eigenvalue weighted by molar-refractivity contribution is 0.436. The van der Waals surface area contributed by atoms with Gasteiger partial charge in [0.25, 0.3) is 5.56 Å². The Kier molecular flexibility index (Phi) is 3.02. The first kappa shape index (κ1) is 13.0. The van der Waals surface area contributed by atoms with Crippen LogP contribution in [0.1, 0.15) is 5.69 Å². The SMILES string of the molecule is Cc1cc(=O)[nH]c(N=Nc2c(O)n(C)c3ccccc23)n1. The van der Waals surface area contributed by atoms with Crippen LogP contribution in [0.2, 0.25) is 0 Å². The van der Waals surface area contributed by atoms with Gasteiger partial charge in [0.05, 0.1) is 5.52 Å². The van der Waals surface area contributed by atoms with E-state index in [2.05, 4.69) is 20.2 Å². The molecule has 0 aliphatic rings. The summed E-state index contributed by atoms with van der Waals surface area (Å²) in [6.07, 6.45) is 0. The van der Waals surface area contributed by atoms with Gasteiger partial charge in [0.2, 0.25) is 11.8 Å². The maximum Gasteiger partial charge on any atom is 0.252 e. The van der Waals surface area contributed by atoms with E-state index in [1.54, 1.807) is 18.5 Å². The molecule has 7 nitrogen and oxygen atoms in total. The van der Waals surface area contributed by atoms with Crippen molar-refractivity contribution in [2.75, 3.05) is 0 Å². The molecular formula is C14H13N5O2. The summed E-state index contributed by atoms with van der Waals surface area (Å²) in [7, 11) is 1.74. The summed E-state index contributed by atoms with van der Waals surface area (Å²) in [5.41, 5.74) is 1.44. The highest BCUT2D eigenvalue weighted by molar-refractivity contribution is 5.94. The van der Waals surface area contributed by atoms with Crippen molar-refractivity contribution in [2.24, 2.45) is 17.3 Å². The minimum Gasteiger partial charge on any atom is -0.493 e. The molecular weight excluding hydrogens is 270 g/mol. The molecule has 0 aliphatic heterocycles. The third kappa shape index (κ3) is 2.29. The molecule has 21 heavy (non-hydrogen) atoms. The van der Waals surface area contributed by atoms with E-state index >= 15 is 0 Å². The number of para-hydroxylation sites is 1. The third-order valence-corrected chi connectivity index (χ3v) is 3.15. The Hall–Kier alpha value is -2.96. The first-order valence-electron chi connectivity index (χ1n) is 6.32. The number of rotatable bonds is 2. The third-order valence-electron chi connectivity index (χ3n) is 3.15. The summed E-state index contributed by atoms with van der Waals surface area (Å²) < 4.78 is 1.62. The maximum atomic E-state index is 11.4. The molecule has 0 saturated heterocycles. The number of aromatic hydroxyl groups is 1. The summed E-state index contributed by atoms with van der Waals surface area (Å²) in [6, 6.07) is 8.82. The second-order valence-electron chi connectivity index (χ2n) is 4.66. The van der Waals surface area contributed by atoms with Crippen LogP contribution >= 0.6 is 0 Å². The van der Waals surface area contributed by atoms with Crippen molar-refractivity contribution in [2.45, 2.75) is 6.92 Å². The second kappa shape index (κ2) is 4.86. The lowest BCUT2D eigenvalue weighted by Gasteiger charge is -1.95. The van der Waals surface area contributed by atoms with Crippen LogP contribution < -0.4 is 5.56 Å². The molecule has 0 radical (unpaired) electrons. The Morgan fingerprint density at radius 1 is 1.29 bits per heavy atom. The summed E-state index contributed by atoms with van der Waals surface area (Å²) in [5, 5.41) is 18.8. The lowest BCUT2D eigenvalue weighted by Crippen LogP contribution is -2.05. The van der Waals surface area contributed by atoms with E-state index in [0.717, 1.165) is 10.9 Å². The zero-order valence-electron chi connectivity index (χ0n) is 11.5. The molecule has 0 atom stereocenters. The molecule has 3 rings (SSSR count). The van der Waals surface area contributed by atoms with Crippen molar-refractivity contribution in [3.8, 4) is 5.88 Å². The van der Waals surface area contributed by atoms with E-state index in [1.165, 1.54) is 6.07 Å². The van der Waals surface area contributed by atoms with Gasteiger partial charge in [0, 0.05) is 24.2 Å². The van der Waals surface area contributed by atoms with E-state index < -0.39 is 0 Å². The number of H-pyrrole nitrogens is 1. The summed E-state index contributed by atoms with van der Waals surface area (Å²) in [6.45, 7) is 1.70. The molecule has 1 aromatic carbocycles. The number of benzene rings is 1. The van der Waals surface area contributed by atoms with Gasteiger partial charge in [-0.05, 0) is 13.0 Å². The minimum atomic E-state index is -0.293. The van der Waals surface area contributed by atoms with Gasteiger partial charge in [-0.2, -0.15) is 0 Å². The van der Waals surface area contributed by atoms with Crippen LogP contribution in [0.15, 0.2) is 45.4 Å². The first-order chi connectivity index (χ1) is 10.1. The molecule has 0 saturated carbocycles. The molecule has 3 aromatic rings. The van der Waals surface area contributed by atoms with Gasteiger partial charge in [-0.3, -0.25) is 9.78 Å². The summed E-state index contributed by atoms with van der Waals surface area (Å²) in [5.74, 6) is 0.113. The van der Waals surface area contributed by atoms with Gasteiger partial charge in [0.1, 0.15) is 0 Å². The zero-order chi connectivity index (χ0) is 15.0. The first-order valence-corrected chi connectivity index (χ1v) is 6.32. The Bertz CT molecular complexity index is 907. The Morgan fingerprint density at radius 3 is 2.81 bits per heavy atom. The molecule has 0 fully saturated rings. The number of azo groups is 1. The molecule has 2 N–H and O–H groups in total. The highest BCUT2D eigenvalue weighted by Crippen LogP contribution is 2.38. The van der Waals surface area contributed by atoms with Gasteiger partial charge in [-0.15, -0.1) is 10.2 Å². The topological polar surface area (TPSA) is 95.6 Å². The average molecular weight is 283 g/mol. The molecule has 0 amide bonds. The number of nitrogens with zero attached hydrogens (tertiary/aromatic N) is 4. The summed E-state index contributed by atoms with van der Waals surface area (Å²) >= 11 is 0. The number of hydrogen-bond acceptors (Lipinski definition) is 5. The zero-order valence-corrected chi connectivity index (χ0v) is 11.5. The van der Waals surface area contributed by atoms with Crippen molar-refractivity contribution in [1.29, 1.82) is 0 Å². The van der Waals surface area contributed by atoms with Gasteiger partial charge >= 0.3 is 0 Å². The van der Waals surface area contributed by atoms with E-state index in [9.17, 15) is 9.90 Å². The van der Waals surface area contributed by atoms with Crippen molar-refractivity contribution in [3.05, 3.63) is 46.4 Å². The van der Waals surface area contributed by atoms with E-state index in [0.29, 0.717) is 11.4 Å². The van der Waals surface area contributed by atoms with Crippen LogP contribution in [-0.2, 0) is 7.05 Å². The number of aromatic amines is 1. The molecule has 0 bridgehead atoms. The van der Waals surface area contributed by atoms with Crippen LogP contribution in [-0.4, -0.2) is 19.6 Å². The smallest absolute Gasteiger partial charge is 0.252 e. The molecule has 2 aromatic heterocycles. The van der Waals surface area contributed by atoms with Crippen LogP contribution in [0, 0.1) is 6.92 Å². The van der Waals surface area contributed by atoms with Gasteiger partial charge in [-0.25, -0.2) is 4.98 Å². The van der Waals surface area contributed by atoms with E-state index in [4.69, 9.17) is 0 Å². The van der Waals surface area contributed by atoms with Crippen LogP contribution in [0.4, 0.5) is 11.6 Å². The molecule has 2 heterocycles. The number of hydrogen-bond donors (Lipinski definition) is 2. The standard InChI is InChI=1S/C14H13N5O2/c1-8-7-11(20)16-14(15-8)18-17-12-9-5-3-4-6-10(9)19(2)13(12)21/h3-7,21H,1-2H3,(H,15,16,20). The molecule has 0 aliphatic carbocycles. The van der Waals surface area contributed by atoms with Gasteiger partial charge < -0.3 is 9.67 Å². The quantitative estimate of drug-likeness (QED) is 0.708. The number of nitrogens with one attached hydrogen (secondary N) is 1. The second-order valence-corrected chi connectivity index (χ2v) is 4.66. The fourth-order valence-corrected chi connectivity index (χ4v) is 2.17. The van der Waals surface area contributed by atoms with E-state index in [-0.39, 0.29) is 17.4 Å². The monoisotopic (exact) mass is 283 g/mol. The molecule has 106 valence electrons.